The first-order chi connectivity index (χ1) is 9.69. The van der Waals surface area contributed by atoms with Crippen LogP contribution in [0.15, 0.2) is 10.6 Å². The summed E-state index contributed by atoms with van der Waals surface area (Å²) in [5, 5.41) is 6.43. The Labute approximate surface area is 117 Å². The molecule has 2 aliphatic rings. The number of nitrogens with one attached hydrogen (secondary N) is 1. The standard InChI is InChI=1S/C14H19N3O3/c1-2-15-13(18)12-7-11(20-16-12)8-17(10-5-6-10)14(19)9-3-4-9/h7,9-10H,2-6,8H2,1H3,(H,15,18). The minimum atomic E-state index is -0.242. The van der Waals surface area contributed by atoms with Gasteiger partial charge >= 0.3 is 0 Å². The van der Waals surface area contributed by atoms with Gasteiger partial charge in [0.15, 0.2) is 11.5 Å². The molecule has 1 heterocycles. The van der Waals surface area contributed by atoms with E-state index in [4.69, 9.17) is 4.52 Å². The third-order valence-corrected chi connectivity index (χ3v) is 3.65. The van der Waals surface area contributed by atoms with Crippen LogP contribution >= 0.6 is 0 Å². The fourth-order valence-corrected chi connectivity index (χ4v) is 2.25. The minimum absolute atomic E-state index is 0.210. The van der Waals surface area contributed by atoms with Gasteiger partial charge in [-0.1, -0.05) is 5.16 Å². The third-order valence-electron chi connectivity index (χ3n) is 3.65. The molecule has 1 aromatic rings. The highest BCUT2D eigenvalue weighted by molar-refractivity contribution is 5.92. The molecule has 0 aromatic carbocycles. The first-order valence-corrected chi connectivity index (χ1v) is 7.23. The Morgan fingerprint density at radius 1 is 1.40 bits per heavy atom. The molecule has 0 radical (unpaired) electrons. The van der Waals surface area contributed by atoms with Crippen molar-refractivity contribution in [3.63, 3.8) is 0 Å². The van der Waals surface area contributed by atoms with Crippen molar-refractivity contribution in [1.82, 2.24) is 15.4 Å². The second-order valence-corrected chi connectivity index (χ2v) is 5.51. The zero-order valence-electron chi connectivity index (χ0n) is 11.6. The predicted molar refractivity (Wildman–Crippen MR) is 70.8 cm³/mol. The van der Waals surface area contributed by atoms with Gasteiger partial charge in [-0.25, -0.2) is 0 Å². The molecule has 0 atom stereocenters. The second-order valence-electron chi connectivity index (χ2n) is 5.51. The maximum atomic E-state index is 12.2. The molecule has 1 N–H and O–H groups in total. The Bertz CT molecular complexity index is 517. The van der Waals surface area contributed by atoms with Crippen molar-refractivity contribution in [3.05, 3.63) is 17.5 Å². The first kappa shape index (κ1) is 13.1. The number of carbonyl (C=O) groups excluding carboxylic acids is 2. The number of aromatic nitrogens is 1. The summed E-state index contributed by atoms with van der Waals surface area (Å²) in [7, 11) is 0. The molecule has 0 aliphatic heterocycles. The number of nitrogens with zero attached hydrogens (tertiary/aromatic N) is 2. The van der Waals surface area contributed by atoms with Crippen LogP contribution in [0.2, 0.25) is 0 Å². The van der Waals surface area contributed by atoms with Crippen molar-refractivity contribution in [2.45, 2.75) is 45.2 Å². The summed E-state index contributed by atoms with van der Waals surface area (Å²) in [6.07, 6.45) is 4.14. The monoisotopic (exact) mass is 277 g/mol. The zero-order valence-corrected chi connectivity index (χ0v) is 11.6. The Morgan fingerprint density at radius 3 is 2.75 bits per heavy atom. The smallest absolute Gasteiger partial charge is 0.273 e. The van der Waals surface area contributed by atoms with E-state index in [0.29, 0.717) is 24.9 Å². The molecule has 108 valence electrons. The summed E-state index contributed by atoms with van der Waals surface area (Å²) >= 11 is 0. The van der Waals surface area contributed by atoms with Gasteiger partial charge < -0.3 is 14.7 Å². The maximum Gasteiger partial charge on any atom is 0.273 e. The predicted octanol–water partition coefficient (Wildman–Crippen LogP) is 1.33. The van der Waals surface area contributed by atoms with E-state index in [1.807, 2.05) is 11.8 Å². The normalized spacial score (nSPS) is 17.9. The van der Waals surface area contributed by atoms with Crippen LogP contribution in [0, 0.1) is 5.92 Å². The molecule has 2 saturated carbocycles. The highest BCUT2D eigenvalue weighted by atomic mass is 16.5. The van der Waals surface area contributed by atoms with Gasteiger partial charge in [0.05, 0.1) is 6.54 Å². The van der Waals surface area contributed by atoms with Crippen molar-refractivity contribution in [2.24, 2.45) is 5.92 Å². The molecular formula is C14H19N3O3. The van der Waals surface area contributed by atoms with E-state index in [-0.39, 0.29) is 23.4 Å². The fraction of sp³-hybridized carbons (Fsp3) is 0.643. The molecule has 20 heavy (non-hydrogen) atoms. The van der Waals surface area contributed by atoms with Crippen molar-refractivity contribution in [2.75, 3.05) is 6.54 Å². The van der Waals surface area contributed by atoms with E-state index >= 15 is 0 Å². The summed E-state index contributed by atoms with van der Waals surface area (Å²) in [6, 6.07) is 1.97. The summed E-state index contributed by atoms with van der Waals surface area (Å²) in [6.45, 7) is 2.82. The van der Waals surface area contributed by atoms with Crippen LogP contribution in [-0.4, -0.2) is 34.5 Å². The van der Waals surface area contributed by atoms with Gasteiger partial charge in [-0.2, -0.15) is 0 Å². The van der Waals surface area contributed by atoms with Crippen molar-refractivity contribution in [3.8, 4) is 0 Å². The molecule has 6 nitrogen and oxygen atoms in total. The van der Waals surface area contributed by atoms with Crippen LogP contribution in [0.4, 0.5) is 0 Å². The van der Waals surface area contributed by atoms with Gasteiger partial charge in [0, 0.05) is 24.6 Å². The lowest BCUT2D eigenvalue weighted by Gasteiger charge is -2.20. The number of amides is 2. The molecule has 0 spiro atoms. The second kappa shape index (κ2) is 5.26. The zero-order chi connectivity index (χ0) is 14.1. The molecule has 0 saturated heterocycles. The first-order valence-electron chi connectivity index (χ1n) is 7.23. The lowest BCUT2D eigenvalue weighted by molar-refractivity contribution is -0.134. The van der Waals surface area contributed by atoms with Crippen LogP contribution in [0.5, 0.6) is 0 Å². The van der Waals surface area contributed by atoms with Gasteiger partial charge in [-0.15, -0.1) is 0 Å². The average molecular weight is 277 g/mol. The molecule has 6 heteroatoms. The van der Waals surface area contributed by atoms with E-state index in [9.17, 15) is 9.59 Å². The molecule has 1 aromatic heterocycles. The van der Waals surface area contributed by atoms with Gasteiger partial charge in [-0.05, 0) is 32.6 Å². The third kappa shape index (κ3) is 2.84. The van der Waals surface area contributed by atoms with Crippen LogP contribution in [0.1, 0.15) is 48.9 Å². The largest absolute Gasteiger partial charge is 0.359 e. The molecule has 0 bridgehead atoms. The van der Waals surface area contributed by atoms with Gasteiger partial charge in [0.1, 0.15) is 0 Å². The number of hydrogen-bond donors (Lipinski definition) is 1. The van der Waals surface area contributed by atoms with E-state index < -0.39 is 0 Å². The van der Waals surface area contributed by atoms with Crippen LogP contribution in [0.3, 0.4) is 0 Å². The van der Waals surface area contributed by atoms with Gasteiger partial charge in [0.2, 0.25) is 5.91 Å². The molecule has 0 unspecified atom stereocenters. The Balaban J connectivity index is 1.66. The van der Waals surface area contributed by atoms with Crippen LogP contribution in [-0.2, 0) is 11.3 Å². The molecule has 3 rings (SSSR count). The number of rotatable bonds is 6. The number of carbonyl (C=O) groups is 2. The lowest BCUT2D eigenvalue weighted by Crippen LogP contribution is -2.33. The Kier molecular flexibility index (Phi) is 3.46. The fourth-order valence-electron chi connectivity index (χ4n) is 2.25. The maximum absolute atomic E-state index is 12.2. The lowest BCUT2D eigenvalue weighted by atomic mass is 10.3. The summed E-state index contributed by atoms with van der Waals surface area (Å²) in [5.41, 5.74) is 0.275. The highest BCUT2D eigenvalue weighted by Crippen LogP contribution is 2.36. The number of hydrogen-bond acceptors (Lipinski definition) is 4. The topological polar surface area (TPSA) is 75.4 Å². The quantitative estimate of drug-likeness (QED) is 0.851. The summed E-state index contributed by atoms with van der Waals surface area (Å²) < 4.78 is 5.19. The van der Waals surface area contributed by atoms with Crippen molar-refractivity contribution in [1.29, 1.82) is 0 Å². The van der Waals surface area contributed by atoms with Crippen LogP contribution in [0.25, 0.3) is 0 Å². The van der Waals surface area contributed by atoms with E-state index in [0.717, 1.165) is 25.7 Å². The van der Waals surface area contributed by atoms with Crippen molar-refractivity contribution >= 4 is 11.8 Å². The molecular weight excluding hydrogens is 258 g/mol. The van der Waals surface area contributed by atoms with E-state index in [1.165, 1.54) is 0 Å². The summed E-state index contributed by atoms with van der Waals surface area (Å²) in [5.74, 6) is 0.769. The Morgan fingerprint density at radius 2 is 2.15 bits per heavy atom. The van der Waals surface area contributed by atoms with Crippen molar-refractivity contribution < 1.29 is 14.1 Å². The SMILES string of the molecule is CCNC(=O)c1cc(CN(C(=O)C2CC2)C2CC2)on1. The van der Waals surface area contributed by atoms with Gasteiger partial charge in [-0.3, -0.25) is 9.59 Å². The molecule has 2 fully saturated rings. The Hall–Kier alpha value is -1.85. The molecule has 2 aliphatic carbocycles. The minimum Gasteiger partial charge on any atom is -0.359 e. The van der Waals surface area contributed by atoms with E-state index in [2.05, 4.69) is 10.5 Å². The average Bonchev–Trinajstić information content (AvgIpc) is 3.33. The molecule has 2 amide bonds. The summed E-state index contributed by atoms with van der Waals surface area (Å²) in [4.78, 5) is 25.7. The van der Waals surface area contributed by atoms with E-state index in [1.54, 1.807) is 6.07 Å². The van der Waals surface area contributed by atoms with Gasteiger partial charge in [0.25, 0.3) is 5.91 Å². The highest BCUT2D eigenvalue weighted by Gasteiger charge is 2.40. The van der Waals surface area contributed by atoms with Crippen LogP contribution < -0.4 is 5.32 Å².